The largest absolute Gasteiger partial charge is 0.448 e. The fourth-order valence-corrected chi connectivity index (χ4v) is 5.20. The Labute approximate surface area is 152 Å². The maximum absolute atomic E-state index is 12.4. The van der Waals surface area contributed by atoms with Gasteiger partial charge in [-0.1, -0.05) is 0 Å². The summed E-state index contributed by atoms with van der Waals surface area (Å²) in [4.78, 5) is 30.5. The van der Waals surface area contributed by atoms with Gasteiger partial charge in [-0.3, -0.25) is 9.59 Å². The first kappa shape index (κ1) is 16.3. The van der Waals surface area contributed by atoms with Crippen molar-refractivity contribution in [2.75, 3.05) is 26.2 Å². The molecule has 140 valence electrons. The van der Waals surface area contributed by atoms with Crippen LogP contribution in [0.4, 0.5) is 0 Å². The third-order valence-electron chi connectivity index (χ3n) is 6.90. The first-order valence-electron chi connectivity index (χ1n) is 9.61. The molecule has 7 heteroatoms. The van der Waals surface area contributed by atoms with Crippen LogP contribution in [0.15, 0.2) is 17.0 Å². The predicted octanol–water partition coefficient (Wildman–Crippen LogP) is 1.14. The summed E-state index contributed by atoms with van der Waals surface area (Å²) in [7, 11) is 0. The fourth-order valence-electron chi connectivity index (χ4n) is 5.20. The van der Waals surface area contributed by atoms with Crippen molar-refractivity contribution in [3.8, 4) is 0 Å². The number of rotatable bonds is 5. The van der Waals surface area contributed by atoms with E-state index in [1.165, 1.54) is 6.39 Å². The topological polar surface area (TPSA) is 84.7 Å². The second-order valence-corrected chi connectivity index (χ2v) is 8.82. The van der Waals surface area contributed by atoms with E-state index in [1.807, 2.05) is 4.90 Å². The fraction of sp³-hybridized carbons (Fsp3) is 0.737. The summed E-state index contributed by atoms with van der Waals surface area (Å²) in [6.07, 6.45) is 8.39. The van der Waals surface area contributed by atoms with Crippen molar-refractivity contribution in [1.29, 1.82) is 0 Å². The summed E-state index contributed by atoms with van der Waals surface area (Å²) in [5, 5.41) is 3.11. The van der Waals surface area contributed by atoms with E-state index in [0.717, 1.165) is 51.1 Å². The molecule has 0 radical (unpaired) electrons. The van der Waals surface area contributed by atoms with Gasteiger partial charge in [0.2, 0.25) is 11.8 Å². The highest BCUT2D eigenvalue weighted by Crippen LogP contribution is 2.64. The molecule has 1 aromatic rings. The van der Waals surface area contributed by atoms with Crippen LogP contribution in [0.3, 0.4) is 0 Å². The van der Waals surface area contributed by atoms with Crippen LogP contribution in [0.2, 0.25) is 0 Å². The second kappa shape index (κ2) is 5.81. The molecule has 3 saturated carbocycles. The second-order valence-electron chi connectivity index (χ2n) is 8.82. The molecule has 3 heterocycles. The Kier molecular flexibility index (Phi) is 3.64. The number of nitrogens with zero attached hydrogens (tertiary/aromatic N) is 2. The highest BCUT2D eigenvalue weighted by atomic mass is 16.5. The average molecular weight is 359 g/mol. The first-order valence-corrected chi connectivity index (χ1v) is 9.61. The summed E-state index contributed by atoms with van der Waals surface area (Å²) in [6.45, 7) is 2.77. The summed E-state index contributed by atoms with van der Waals surface area (Å²) >= 11 is 0. The molecule has 26 heavy (non-hydrogen) atoms. The number of amides is 2. The summed E-state index contributed by atoms with van der Waals surface area (Å²) in [6, 6.07) is 0. The average Bonchev–Trinajstić information content (AvgIpc) is 3.25. The molecule has 2 unspecified atom stereocenters. The molecule has 1 aromatic heterocycles. The number of likely N-dealkylation sites (tertiary alicyclic amines) is 1. The lowest BCUT2D eigenvalue weighted by Crippen LogP contribution is -2.60. The number of oxazole rings is 1. The Morgan fingerprint density at radius 1 is 1.31 bits per heavy atom. The van der Waals surface area contributed by atoms with Crippen LogP contribution < -0.4 is 5.32 Å². The Hall–Kier alpha value is -1.89. The summed E-state index contributed by atoms with van der Waals surface area (Å²) in [5.74, 6) is 1.72. The number of hydrogen-bond donors (Lipinski definition) is 1. The van der Waals surface area contributed by atoms with E-state index < -0.39 is 0 Å². The lowest BCUT2D eigenvalue weighted by atomic mass is 9.44. The van der Waals surface area contributed by atoms with Gasteiger partial charge in [0.25, 0.3) is 0 Å². The maximum Gasteiger partial charge on any atom is 0.230 e. The van der Waals surface area contributed by atoms with Gasteiger partial charge in [-0.15, -0.1) is 0 Å². The third-order valence-corrected chi connectivity index (χ3v) is 6.90. The van der Waals surface area contributed by atoms with Gasteiger partial charge < -0.3 is 19.4 Å². The molecular formula is C19H25N3O4. The van der Waals surface area contributed by atoms with Gasteiger partial charge in [0.1, 0.15) is 5.76 Å². The van der Waals surface area contributed by atoms with Gasteiger partial charge in [0.05, 0.1) is 25.3 Å². The molecule has 6 rings (SSSR count). The van der Waals surface area contributed by atoms with Crippen molar-refractivity contribution >= 4 is 11.8 Å². The standard InChI is InChI=1S/C19H25N3O4/c23-16(3-14-8-20-12-26-14)22-2-1-18(10-22)7-15(25-11-18)9-21-17(24)19-4-13(5-19)6-19/h8,12-13,15H,1-7,9-11H2,(H,21,24). The third kappa shape index (κ3) is 2.64. The SMILES string of the molecule is O=C(Cc1cnco1)N1CCC2(COC(CNC(=O)C34CC(C3)C4)C2)C1. The van der Waals surface area contributed by atoms with Gasteiger partial charge in [-0.05, 0) is 38.0 Å². The van der Waals surface area contributed by atoms with E-state index in [9.17, 15) is 9.59 Å². The van der Waals surface area contributed by atoms with E-state index in [2.05, 4.69) is 10.3 Å². The normalized spacial score (nSPS) is 37.5. The minimum atomic E-state index is -0.0295. The molecule has 7 nitrogen and oxygen atoms in total. The quantitative estimate of drug-likeness (QED) is 0.852. The van der Waals surface area contributed by atoms with Crippen LogP contribution in [0, 0.1) is 16.7 Å². The molecule has 2 saturated heterocycles. The number of nitrogens with one attached hydrogen (secondary N) is 1. The van der Waals surface area contributed by atoms with Crippen LogP contribution in [-0.2, 0) is 20.7 Å². The molecule has 1 N–H and O–H groups in total. The maximum atomic E-state index is 12.4. The summed E-state index contributed by atoms with van der Waals surface area (Å²) in [5.41, 5.74) is 0.0149. The van der Waals surface area contributed by atoms with Crippen molar-refractivity contribution in [2.24, 2.45) is 16.7 Å². The number of carbonyl (C=O) groups is 2. The van der Waals surface area contributed by atoms with E-state index in [1.54, 1.807) is 6.20 Å². The first-order chi connectivity index (χ1) is 12.6. The molecular weight excluding hydrogens is 334 g/mol. The molecule has 2 atom stereocenters. The van der Waals surface area contributed by atoms with Crippen molar-refractivity contribution in [1.82, 2.24) is 15.2 Å². The number of carbonyl (C=O) groups excluding carboxylic acids is 2. The smallest absolute Gasteiger partial charge is 0.230 e. The van der Waals surface area contributed by atoms with E-state index in [4.69, 9.17) is 9.15 Å². The molecule has 2 bridgehead atoms. The minimum Gasteiger partial charge on any atom is -0.448 e. The zero-order valence-corrected chi connectivity index (χ0v) is 14.9. The van der Waals surface area contributed by atoms with Crippen LogP contribution in [0.1, 0.15) is 37.9 Å². The van der Waals surface area contributed by atoms with Gasteiger partial charge in [0.15, 0.2) is 6.39 Å². The molecule has 2 amide bonds. The van der Waals surface area contributed by atoms with E-state index >= 15 is 0 Å². The molecule has 5 fully saturated rings. The van der Waals surface area contributed by atoms with Crippen molar-refractivity contribution in [3.63, 3.8) is 0 Å². The molecule has 5 aliphatic rings. The molecule has 1 spiro atoms. The van der Waals surface area contributed by atoms with Crippen molar-refractivity contribution in [2.45, 2.75) is 44.6 Å². The monoisotopic (exact) mass is 359 g/mol. The van der Waals surface area contributed by atoms with Gasteiger partial charge >= 0.3 is 0 Å². The zero-order chi connectivity index (χ0) is 17.8. The minimum absolute atomic E-state index is 0.0295. The van der Waals surface area contributed by atoms with E-state index in [0.29, 0.717) is 18.9 Å². The van der Waals surface area contributed by atoms with Gasteiger partial charge in [0, 0.05) is 30.5 Å². The zero-order valence-electron chi connectivity index (χ0n) is 14.9. The Morgan fingerprint density at radius 2 is 2.15 bits per heavy atom. The van der Waals surface area contributed by atoms with Gasteiger partial charge in [-0.2, -0.15) is 0 Å². The van der Waals surface area contributed by atoms with Crippen LogP contribution in [0.25, 0.3) is 0 Å². The Morgan fingerprint density at radius 3 is 2.85 bits per heavy atom. The predicted molar refractivity (Wildman–Crippen MR) is 91.0 cm³/mol. The highest BCUT2D eigenvalue weighted by Gasteiger charge is 2.61. The van der Waals surface area contributed by atoms with Crippen molar-refractivity contribution < 1.29 is 18.7 Å². The molecule has 0 aromatic carbocycles. The van der Waals surface area contributed by atoms with Crippen LogP contribution >= 0.6 is 0 Å². The van der Waals surface area contributed by atoms with Crippen LogP contribution in [0.5, 0.6) is 0 Å². The molecule has 3 aliphatic carbocycles. The van der Waals surface area contributed by atoms with Gasteiger partial charge in [-0.25, -0.2) is 4.98 Å². The number of ether oxygens (including phenoxy) is 1. The summed E-state index contributed by atoms with van der Waals surface area (Å²) < 4.78 is 11.1. The Balaban J connectivity index is 1.11. The highest BCUT2D eigenvalue weighted by molar-refractivity contribution is 5.85. The van der Waals surface area contributed by atoms with E-state index in [-0.39, 0.29) is 35.2 Å². The lowest BCUT2D eigenvalue weighted by molar-refractivity contribution is -0.165. The number of aromatic nitrogens is 1. The molecule has 2 aliphatic heterocycles. The van der Waals surface area contributed by atoms with Crippen molar-refractivity contribution in [3.05, 3.63) is 18.4 Å². The lowest BCUT2D eigenvalue weighted by Gasteiger charge is -2.60. The number of hydrogen-bond acceptors (Lipinski definition) is 5. The van der Waals surface area contributed by atoms with Crippen LogP contribution in [-0.4, -0.2) is 54.0 Å². The Bertz CT molecular complexity index is 701.